The smallest absolute Gasteiger partial charge is 0.253 e. The van der Waals surface area contributed by atoms with Crippen LogP contribution in [0.4, 0.5) is 5.69 Å². The van der Waals surface area contributed by atoms with E-state index < -0.39 is 5.60 Å². The predicted octanol–water partition coefficient (Wildman–Crippen LogP) is 4.56. The average molecular weight is 453 g/mol. The van der Waals surface area contributed by atoms with E-state index in [0.29, 0.717) is 60.7 Å². The second kappa shape index (κ2) is 7.93. The summed E-state index contributed by atoms with van der Waals surface area (Å²) in [6, 6.07) is 8.99. The zero-order valence-corrected chi connectivity index (χ0v) is 18.8. The summed E-state index contributed by atoms with van der Waals surface area (Å²) in [5, 5.41) is 3.44. The zero-order chi connectivity index (χ0) is 22.5. The molecule has 3 heterocycles. The first kappa shape index (κ1) is 21.0. The van der Waals surface area contributed by atoms with Crippen LogP contribution in [0.1, 0.15) is 63.9 Å². The van der Waals surface area contributed by atoms with Gasteiger partial charge in [-0.25, -0.2) is 0 Å². The predicted molar refractivity (Wildman–Crippen MR) is 122 cm³/mol. The summed E-state index contributed by atoms with van der Waals surface area (Å²) in [7, 11) is 0. The van der Waals surface area contributed by atoms with E-state index in [9.17, 15) is 14.4 Å². The number of amides is 2. The number of anilines is 1. The van der Waals surface area contributed by atoms with E-state index in [2.05, 4.69) is 5.32 Å². The summed E-state index contributed by atoms with van der Waals surface area (Å²) in [5.74, 6) is 0.664. The molecule has 2 aromatic rings. The number of rotatable bonds is 1. The summed E-state index contributed by atoms with van der Waals surface area (Å²) >= 11 is 6.12. The number of halogens is 1. The van der Waals surface area contributed by atoms with E-state index in [-0.39, 0.29) is 17.6 Å². The minimum Gasteiger partial charge on any atom is -0.486 e. The molecule has 0 bridgehead atoms. The SMILES string of the molecule is Cc1cc(Cl)cc2c1OC1(CCN(C(=O)c3ccc4c(c3)CCCC(=O)N4)CC1)CC2=O. The van der Waals surface area contributed by atoms with Crippen molar-refractivity contribution in [2.45, 2.75) is 51.0 Å². The molecule has 0 aromatic heterocycles. The van der Waals surface area contributed by atoms with Crippen molar-refractivity contribution < 1.29 is 19.1 Å². The van der Waals surface area contributed by atoms with Gasteiger partial charge in [-0.2, -0.15) is 0 Å². The van der Waals surface area contributed by atoms with Crippen LogP contribution in [0, 0.1) is 6.92 Å². The van der Waals surface area contributed by atoms with Crippen LogP contribution in [0.15, 0.2) is 30.3 Å². The number of piperidine rings is 1. The topological polar surface area (TPSA) is 75.7 Å². The molecule has 6 nitrogen and oxygen atoms in total. The lowest BCUT2D eigenvalue weighted by Crippen LogP contribution is -2.52. The maximum Gasteiger partial charge on any atom is 0.253 e. The highest BCUT2D eigenvalue weighted by atomic mass is 35.5. The third kappa shape index (κ3) is 3.77. The Morgan fingerprint density at radius 2 is 1.91 bits per heavy atom. The van der Waals surface area contributed by atoms with Crippen LogP contribution in [0.2, 0.25) is 5.02 Å². The van der Waals surface area contributed by atoms with Gasteiger partial charge < -0.3 is 15.0 Å². The molecular formula is C25H25ClN2O4. The molecule has 7 heteroatoms. The van der Waals surface area contributed by atoms with Crippen molar-refractivity contribution in [1.29, 1.82) is 0 Å². The summed E-state index contributed by atoms with van der Waals surface area (Å²) < 4.78 is 6.39. The molecule has 0 unspecified atom stereocenters. The van der Waals surface area contributed by atoms with E-state index in [1.54, 1.807) is 12.1 Å². The monoisotopic (exact) mass is 452 g/mol. The minimum atomic E-state index is -0.572. The van der Waals surface area contributed by atoms with E-state index in [0.717, 1.165) is 29.7 Å². The van der Waals surface area contributed by atoms with Crippen LogP contribution in [0.25, 0.3) is 0 Å². The number of ketones is 1. The third-order valence-electron chi connectivity index (χ3n) is 6.78. The lowest BCUT2D eigenvalue weighted by molar-refractivity contribution is -0.116. The standard InChI is InChI=1S/C25H25ClN2O4/c1-15-11-18(26)13-19-21(29)14-25(32-23(15)19)7-9-28(10-8-25)24(31)17-5-6-20-16(12-17)3-2-4-22(30)27-20/h5-6,11-13H,2-4,7-10,14H2,1H3,(H,27,30). The Morgan fingerprint density at radius 1 is 1.12 bits per heavy atom. The Kier molecular flexibility index (Phi) is 5.20. The number of fused-ring (bicyclic) bond motifs is 2. The number of Topliss-reactive ketones (excluding diaryl/α,β-unsaturated/α-hetero) is 1. The van der Waals surface area contributed by atoms with Crippen LogP contribution in [-0.4, -0.2) is 41.2 Å². The number of nitrogens with zero attached hydrogens (tertiary/aromatic N) is 1. The van der Waals surface area contributed by atoms with E-state index in [1.807, 2.05) is 30.0 Å². The summed E-state index contributed by atoms with van der Waals surface area (Å²) in [6.07, 6.45) is 3.57. The maximum absolute atomic E-state index is 13.2. The Hall–Kier alpha value is -2.86. The number of ether oxygens (including phenoxy) is 1. The van der Waals surface area contributed by atoms with Crippen LogP contribution < -0.4 is 10.1 Å². The molecule has 1 fully saturated rings. The van der Waals surface area contributed by atoms with Crippen molar-refractivity contribution in [3.05, 3.63) is 57.6 Å². The number of carbonyl (C=O) groups is 3. The molecule has 3 aliphatic heterocycles. The molecule has 0 aliphatic carbocycles. The third-order valence-corrected chi connectivity index (χ3v) is 7.00. The normalized spacial score (nSPS) is 19.5. The molecule has 0 saturated carbocycles. The number of nitrogens with one attached hydrogen (secondary N) is 1. The fourth-order valence-corrected chi connectivity index (χ4v) is 5.27. The van der Waals surface area contributed by atoms with Crippen molar-refractivity contribution in [2.24, 2.45) is 0 Å². The van der Waals surface area contributed by atoms with Gasteiger partial charge in [-0.15, -0.1) is 0 Å². The minimum absolute atomic E-state index is 0.0188. The maximum atomic E-state index is 13.2. The second-order valence-electron chi connectivity index (χ2n) is 9.05. The van der Waals surface area contributed by atoms with Crippen molar-refractivity contribution in [1.82, 2.24) is 4.90 Å². The Bertz CT molecular complexity index is 1140. The van der Waals surface area contributed by atoms with Crippen LogP contribution >= 0.6 is 11.6 Å². The molecule has 2 aromatic carbocycles. The lowest BCUT2D eigenvalue weighted by atomic mass is 9.82. The number of benzene rings is 2. The van der Waals surface area contributed by atoms with Crippen LogP contribution in [0.3, 0.4) is 0 Å². The molecule has 0 atom stereocenters. The van der Waals surface area contributed by atoms with Crippen molar-refractivity contribution >= 4 is 34.9 Å². The number of hydrogen-bond donors (Lipinski definition) is 1. The van der Waals surface area contributed by atoms with Gasteiger partial charge in [0.2, 0.25) is 5.91 Å². The number of carbonyl (C=O) groups excluding carboxylic acids is 3. The van der Waals surface area contributed by atoms with Crippen molar-refractivity contribution in [3.8, 4) is 5.75 Å². The van der Waals surface area contributed by atoms with E-state index in [4.69, 9.17) is 16.3 Å². The molecule has 1 spiro atoms. The molecule has 1 saturated heterocycles. The first-order valence-electron chi connectivity index (χ1n) is 11.1. The molecule has 0 radical (unpaired) electrons. The van der Waals surface area contributed by atoms with Crippen molar-refractivity contribution in [3.63, 3.8) is 0 Å². The quantitative estimate of drug-likeness (QED) is 0.688. The van der Waals surface area contributed by atoms with Gasteiger partial charge in [-0.1, -0.05) is 11.6 Å². The molecule has 1 N–H and O–H groups in total. The van der Waals surface area contributed by atoms with Gasteiger partial charge in [0.15, 0.2) is 5.78 Å². The molecule has 32 heavy (non-hydrogen) atoms. The highest BCUT2D eigenvalue weighted by Gasteiger charge is 2.44. The van der Waals surface area contributed by atoms with Crippen molar-refractivity contribution in [2.75, 3.05) is 18.4 Å². The van der Waals surface area contributed by atoms with Crippen LogP contribution in [-0.2, 0) is 11.2 Å². The van der Waals surface area contributed by atoms with Gasteiger partial charge in [-0.3, -0.25) is 14.4 Å². The van der Waals surface area contributed by atoms with Gasteiger partial charge in [0.05, 0.1) is 12.0 Å². The Labute approximate surface area is 191 Å². The molecule has 2 amide bonds. The highest BCUT2D eigenvalue weighted by Crippen LogP contribution is 2.42. The molecule has 166 valence electrons. The van der Waals surface area contributed by atoms with Gasteiger partial charge >= 0.3 is 0 Å². The zero-order valence-electron chi connectivity index (χ0n) is 18.0. The fourth-order valence-electron chi connectivity index (χ4n) is 5.00. The Balaban J connectivity index is 1.31. The first-order valence-corrected chi connectivity index (χ1v) is 11.5. The molecule has 3 aliphatic rings. The highest BCUT2D eigenvalue weighted by molar-refractivity contribution is 6.31. The van der Waals surface area contributed by atoms with Gasteiger partial charge in [0, 0.05) is 48.6 Å². The number of likely N-dealkylation sites (tertiary alicyclic amines) is 1. The van der Waals surface area contributed by atoms with Crippen LogP contribution in [0.5, 0.6) is 5.75 Å². The van der Waals surface area contributed by atoms with Gasteiger partial charge in [-0.05, 0) is 61.2 Å². The van der Waals surface area contributed by atoms with E-state index in [1.165, 1.54) is 0 Å². The van der Waals surface area contributed by atoms with Gasteiger partial charge in [0.1, 0.15) is 11.4 Å². The Morgan fingerprint density at radius 3 is 2.69 bits per heavy atom. The largest absolute Gasteiger partial charge is 0.486 e. The number of aryl methyl sites for hydroxylation is 2. The second-order valence-corrected chi connectivity index (χ2v) is 9.49. The molecule has 5 rings (SSSR count). The first-order chi connectivity index (χ1) is 15.3. The van der Waals surface area contributed by atoms with Gasteiger partial charge in [0.25, 0.3) is 5.91 Å². The number of hydrogen-bond acceptors (Lipinski definition) is 4. The molecular weight excluding hydrogens is 428 g/mol. The lowest BCUT2D eigenvalue weighted by Gasteiger charge is -2.44. The summed E-state index contributed by atoms with van der Waals surface area (Å²) in [5.41, 5.74) is 3.27. The average Bonchev–Trinajstić information content (AvgIpc) is 2.95. The fraction of sp³-hybridized carbons (Fsp3) is 0.400. The summed E-state index contributed by atoms with van der Waals surface area (Å²) in [4.78, 5) is 39.6. The van der Waals surface area contributed by atoms with E-state index >= 15 is 0 Å². The summed E-state index contributed by atoms with van der Waals surface area (Å²) in [6.45, 7) is 2.96.